The second kappa shape index (κ2) is 14.2. The summed E-state index contributed by atoms with van der Waals surface area (Å²) in [5.74, 6) is 0.228. The monoisotopic (exact) mass is 552 g/mol. The number of carbonyl (C=O) groups is 2. The number of rotatable bonds is 13. The Morgan fingerprint density at radius 3 is 2.40 bits per heavy atom. The predicted molar refractivity (Wildman–Crippen MR) is 152 cm³/mol. The van der Waals surface area contributed by atoms with E-state index in [1.807, 2.05) is 25.1 Å². The summed E-state index contributed by atoms with van der Waals surface area (Å²) in [6.07, 6.45) is 2.60. The number of Topliss-reactive ketones (excluding diaryl/α,β-unsaturated/α-hetero) is 1. The van der Waals surface area contributed by atoms with Crippen LogP contribution in [0.1, 0.15) is 50.3 Å². The van der Waals surface area contributed by atoms with Gasteiger partial charge in [-0.15, -0.1) is 0 Å². The van der Waals surface area contributed by atoms with Crippen molar-refractivity contribution in [1.82, 2.24) is 9.80 Å². The number of unbranched alkanes of at least 4 members (excludes halogenated alkanes) is 1. The van der Waals surface area contributed by atoms with Crippen LogP contribution in [0.25, 0.3) is 5.76 Å². The first kappa shape index (κ1) is 29.4. The lowest BCUT2D eigenvalue weighted by molar-refractivity contribution is -0.140. The van der Waals surface area contributed by atoms with Gasteiger partial charge in [0.2, 0.25) is 0 Å². The molecule has 2 aliphatic heterocycles. The first-order valence-electron chi connectivity index (χ1n) is 14.1. The zero-order chi connectivity index (χ0) is 28.5. The fourth-order valence-electron chi connectivity index (χ4n) is 5.06. The SMILES string of the molecule is CCCCOc1ccc(C2/C(=C(\O)c3ccc(OC)cc3)C(=O)C(=O)N2CCCN2CCOCC2)cc1OCC. The third-order valence-corrected chi connectivity index (χ3v) is 7.22. The van der Waals surface area contributed by atoms with Gasteiger partial charge in [0.25, 0.3) is 11.7 Å². The van der Waals surface area contributed by atoms with E-state index in [1.54, 1.807) is 36.3 Å². The molecule has 9 heteroatoms. The predicted octanol–water partition coefficient (Wildman–Crippen LogP) is 4.42. The van der Waals surface area contributed by atoms with E-state index in [2.05, 4.69) is 11.8 Å². The zero-order valence-electron chi connectivity index (χ0n) is 23.7. The molecule has 4 rings (SSSR count). The summed E-state index contributed by atoms with van der Waals surface area (Å²) in [7, 11) is 1.56. The Bertz CT molecular complexity index is 1190. The standard InChI is InChI=1S/C31H40N2O7/c1-4-6-18-40-25-13-10-23(21-26(25)39-5-2)28-27(29(34)22-8-11-24(37-3)12-9-22)30(35)31(36)33(28)15-7-14-32-16-19-38-20-17-32/h8-13,21,28,34H,4-7,14-20H2,1-3H3/b29-27+. The normalized spacial score (nSPS) is 19.2. The minimum absolute atomic E-state index is 0.0589. The Kier molecular flexibility index (Phi) is 10.4. The zero-order valence-corrected chi connectivity index (χ0v) is 23.7. The van der Waals surface area contributed by atoms with Gasteiger partial charge in [0.1, 0.15) is 11.5 Å². The Hall–Kier alpha value is -3.56. The number of nitrogens with zero attached hydrogens (tertiary/aromatic N) is 2. The third-order valence-electron chi connectivity index (χ3n) is 7.22. The van der Waals surface area contributed by atoms with E-state index in [-0.39, 0.29) is 11.3 Å². The molecule has 216 valence electrons. The van der Waals surface area contributed by atoms with Gasteiger partial charge in [-0.05, 0) is 61.7 Å². The Labute approximate surface area is 236 Å². The van der Waals surface area contributed by atoms with E-state index < -0.39 is 17.7 Å². The lowest BCUT2D eigenvalue weighted by Crippen LogP contribution is -2.39. The van der Waals surface area contributed by atoms with Gasteiger partial charge in [0.15, 0.2) is 11.5 Å². The van der Waals surface area contributed by atoms with Crippen molar-refractivity contribution in [3.05, 3.63) is 59.2 Å². The fourth-order valence-corrected chi connectivity index (χ4v) is 5.06. The molecule has 1 atom stereocenters. The number of hydrogen-bond acceptors (Lipinski definition) is 8. The number of likely N-dealkylation sites (tertiary alicyclic amines) is 1. The molecule has 1 unspecified atom stereocenters. The molecule has 0 radical (unpaired) electrons. The molecule has 1 amide bonds. The molecule has 0 aliphatic carbocycles. The average molecular weight is 553 g/mol. The van der Waals surface area contributed by atoms with Crippen LogP contribution in [0.15, 0.2) is 48.0 Å². The van der Waals surface area contributed by atoms with E-state index >= 15 is 0 Å². The number of morpholine rings is 1. The minimum Gasteiger partial charge on any atom is -0.507 e. The van der Waals surface area contributed by atoms with Gasteiger partial charge in [-0.1, -0.05) is 19.4 Å². The maximum atomic E-state index is 13.4. The van der Waals surface area contributed by atoms with Gasteiger partial charge in [-0.25, -0.2) is 0 Å². The Morgan fingerprint density at radius 1 is 0.975 bits per heavy atom. The number of amides is 1. The highest BCUT2D eigenvalue weighted by Gasteiger charge is 2.46. The molecule has 2 aromatic rings. The van der Waals surface area contributed by atoms with Crippen LogP contribution >= 0.6 is 0 Å². The number of benzene rings is 2. The molecule has 2 heterocycles. The number of methoxy groups -OCH3 is 1. The number of aliphatic hydroxyl groups excluding tert-OH is 1. The molecule has 1 N–H and O–H groups in total. The smallest absolute Gasteiger partial charge is 0.295 e. The highest BCUT2D eigenvalue weighted by molar-refractivity contribution is 6.46. The van der Waals surface area contributed by atoms with Crippen LogP contribution in [0, 0.1) is 0 Å². The topological polar surface area (TPSA) is 97.8 Å². The Balaban J connectivity index is 1.71. The van der Waals surface area contributed by atoms with Crippen LogP contribution in [0.2, 0.25) is 0 Å². The number of carbonyl (C=O) groups excluding carboxylic acids is 2. The molecule has 0 aromatic heterocycles. The average Bonchev–Trinajstić information content (AvgIpc) is 3.23. The van der Waals surface area contributed by atoms with Crippen LogP contribution in [0.5, 0.6) is 17.2 Å². The highest BCUT2D eigenvalue weighted by atomic mass is 16.5. The summed E-state index contributed by atoms with van der Waals surface area (Å²) in [4.78, 5) is 30.7. The van der Waals surface area contributed by atoms with E-state index in [1.165, 1.54) is 0 Å². The second-order valence-corrected chi connectivity index (χ2v) is 9.87. The molecule has 0 spiro atoms. The molecular weight excluding hydrogens is 512 g/mol. The van der Waals surface area contributed by atoms with Gasteiger partial charge >= 0.3 is 0 Å². The van der Waals surface area contributed by atoms with Crippen molar-refractivity contribution < 1.29 is 33.6 Å². The van der Waals surface area contributed by atoms with E-state index in [4.69, 9.17) is 18.9 Å². The van der Waals surface area contributed by atoms with Crippen LogP contribution < -0.4 is 14.2 Å². The molecule has 2 fully saturated rings. The molecule has 40 heavy (non-hydrogen) atoms. The van der Waals surface area contributed by atoms with Gasteiger partial charge in [-0.2, -0.15) is 0 Å². The van der Waals surface area contributed by atoms with Crippen molar-refractivity contribution >= 4 is 17.4 Å². The van der Waals surface area contributed by atoms with Gasteiger partial charge < -0.3 is 29.0 Å². The maximum Gasteiger partial charge on any atom is 0.295 e. The van der Waals surface area contributed by atoms with Crippen molar-refractivity contribution in [1.29, 1.82) is 0 Å². The number of ether oxygens (including phenoxy) is 4. The third kappa shape index (κ3) is 6.77. The first-order chi connectivity index (χ1) is 19.5. The number of aliphatic hydroxyl groups is 1. The number of hydrogen-bond donors (Lipinski definition) is 1. The van der Waals surface area contributed by atoms with Crippen molar-refractivity contribution in [3.8, 4) is 17.2 Å². The number of ketones is 1. The summed E-state index contributed by atoms with van der Waals surface area (Å²) in [5, 5.41) is 11.4. The van der Waals surface area contributed by atoms with E-state index in [9.17, 15) is 14.7 Å². The van der Waals surface area contributed by atoms with Crippen LogP contribution in [0.3, 0.4) is 0 Å². The highest BCUT2D eigenvalue weighted by Crippen LogP contribution is 2.42. The molecular formula is C31H40N2O7. The van der Waals surface area contributed by atoms with Crippen molar-refractivity contribution in [2.24, 2.45) is 0 Å². The van der Waals surface area contributed by atoms with Gasteiger partial charge in [0.05, 0.1) is 45.2 Å². The van der Waals surface area contributed by atoms with Crippen molar-refractivity contribution in [2.75, 3.05) is 59.7 Å². The summed E-state index contributed by atoms with van der Waals surface area (Å²) in [6.45, 7) is 9.21. The van der Waals surface area contributed by atoms with Crippen molar-refractivity contribution in [2.45, 2.75) is 39.2 Å². The van der Waals surface area contributed by atoms with E-state index in [0.717, 1.165) is 32.5 Å². The fraction of sp³-hybridized carbons (Fsp3) is 0.484. The van der Waals surface area contributed by atoms with Crippen LogP contribution in [-0.2, 0) is 14.3 Å². The molecule has 2 aliphatic rings. The molecule has 9 nitrogen and oxygen atoms in total. The summed E-state index contributed by atoms with van der Waals surface area (Å²) >= 11 is 0. The largest absolute Gasteiger partial charge is 0.507 e. The molecule has 2 aromatic carbocycles. The van der Waals surface area contributed by atoms with Crippen LogP contribution in [-0.4, -0.2) is 86.3 Å². The van der Waals surface area contributed by atoms with Crippen LogP contribution in [0.4, 0.5) is 0 Å². The summed E-state index contributed by atoms with van der Waals surface area (Å²) in [5.41, 5.74) is 1.16. The van der Waals surface area contributed by atoms with Gasteiger partial charge in [0, 0.05) is 31.7 Å². The minimum atomic E-state index is -0.768. The maximum absolute atomic E-state index is 13.4. The quantitative estimate of drug-likeness (QED) is 0.169. The molecule has 2 saturated heterocycles. The van der Waals surface area contributed by atoms with E-state index in [0.29, 0.717) is 67.8 Å². The first-order valence-corrected chi connectivity index (χ1v) is 14.1. The second-order valence-electron chi connectivity index (χ2n) is 9.87. The summed E-state index contributed by atoms with van der Waals surface area (Å²) < 4.78 is 22.5. The van der Waals surface area contributed by atoms with Crippen molar-refractivity contribution in [3.63, 3.8) is 0 Å². The lowest BCUT2D eigenvalue weighted by atomic mass is 9.95. The van der Waals surface area contributed by atoms with Gasteiger partial charge in [-0.3, -0.25) is 14.5 Å². The summed E-state index contributed by atoms with van der Waals surface area (Å²) in [6, 6.07) is 11.5. The Morgan fingerprint density at radius 2 is 1.73 bits per heavy atom. The molecule has 0 bridgehead atoms. The molecule has 0 saturated carbocycles. The lowest BCUT2D eigenvalue weighted by Gasteiger charge is -2.29.